The molecule has 1 aromatic carbocycles. The van der Waals surface area contributed by atoms with E-state index in [-0.39, 0.29) is 18.2 Å². The van der Waals surface area contributed by atoms with Crippen LogP contribution < -0.4 is 10.4 Å². The van der Waals surface area contributed by atoms with E-state index in [9.17, 15) is 9.59 Å². The predicted molar refractivity (Wildman–Crippen MR) is 62.4 cm³/mol. The van der Waals surface area contributed by atoms with Gasteiger partial charge in [-0.25, -0.2) is 10.4 Å². The fourth-order valence-corrected chi connectivity index (χ4v) is 1.77. The second kappa shape index (κ2) is 4.55. The molecular weight excluding hydrogens is 220 g/mol. The van der Waals surface area contributed by atoms with Crippen molar-refractivity contribution >= 4 is 17.6 Å². The van der Waals surface area contributed by atoms with Crippen LogP contribution in [-0.4, -0.2) is 23.5 Å². The molecule has 5 heteroatoms. The number of carbonyl (C=O) groups is 2. The van der Waals surface area contributed by atoms with E-state index in [1.807, 2.05) is 6.92 Å². The van der Waals surface area contributed by atoms with Crippen LogP contribution in [0.3, 0.4) is 0 Å². The van der Waals surface area contributed by atoms with Crippen LogP contribution in [0.2, 0.25) is 0 Å². The van der Waals surface area contributed by atoms with Gasteiger partial charge in [-0.05, 0) is 17.7 Å². The molecule has 1 aliphatic rings. The summed E-state index contributed by atoms with van der Waals surface area (Å²) in [5.41, 5.74) is 4.47. The van der Waals surface area contributed by atoms with Gasteiger partial charge in [0, 0.05) is 6.54 Å². The molecule has 1 fully saturated rings. The first-order valence-electron chi connectivity index (χ1n) is 5.46. The van der Waals surface area contributed by atoms with E-state index in [0.717, 1.165) is 11.3 Å². The van der Waals surface area contributed by atoms with Crippen molar-refractivity contribution in [2.45, 2.75) is 13.3 Å². The summed E-state index contributed by atoms with van der Waals surface area (Å²) in [7, 11) is 0. The summed E-state index contributed by atoms with van der Waals surface area (Å²) in [5.74, 6) is -0.841. The van der Waals surface area contributed by atoms with Gasteiger partial charge >= 0.3 is 5.97 Å². The topological polar surface area (TPSA) is 69.6 Å². The Kier molecular flexibility index (Phi) is 3.10. The van der Waals surface area contributed by atoms with Crippen molar-refractivity contribution in [1.29, 1.82) is 0 Å². The number of rotatable bonds is 3. The van der Waals surface area contributed by atoms with Crippen molar-refractivity contribution in [3.05, 3.63) is 29.8 Å². The molecule has 1 heterocycles. The van der Waals surface area contributed by atoms with Crippen molar-refractivity contribution in [1.82, 2.24) is 5.43 Å². The Morgan fingerprint density at radius 3 is 2.59 bits per heavy atom. The summed E-state index contributed by atoms with van der Waals surface area (Å²) in [6, 6.07) is 6.95. The molecule has 2 N–H and O–H groups in total. The highest BCUT2D eigenvalue weighted by Gasteiger charge is 2.28. The van der Waals surface area contributed by atoms with E-state index in [2.05, 4.69) is 5.43 Å². The van der Waals surface area contributed by atoms with Crippen LogP contribution in [0.4, 0.5) is 5.69 Å². The Morgan fingerprint density at radius 1 is 1.47 bits per heavy atom. The van der Waals surface area contributed by atoms with E-state index in [4.69, 9.17) is 5.11 Å². The number of anilines is 1. The van der Waals surface area contributed by atoms with Crippen LogP contribution in [0.15, 0.2) is 24.3 Å². The largest absolute Gasteiger partial charge is 0.481 e. The first-order chi connectivity index (χ1) is 8.08. The standard InChI is InChI=1S/C12H14N2O3/c1-8-7-13-14(12(8)17)10-4-2-9(3-5-10)6-11(15)16/h2-5,8,13H,6-7H2,1H3,(H,15,16). The number of amides is 1. The lowest BCUT2D eigenvalue weighted by Gasteiger charge is -2.16. The van der Waals surface area contributed by atoms with Crippen molar-refractivity contribution in [2.75, 3.05) is 11.6 Å². The Hall–Kier alpha value is -1.88. The third-order valence-corrected chi connectivity index (χ3v) is 2.75. The molecule has 17 heavy (non-hydrogen) atoms. The number of carboxylic acids is 1. The molecule has 1 saturated heterocycles. The van der Waals surface area contributed by atoms with Gasteiger partial charge in [-0.15, -0.1) is 0 Å². The molecule has 0 aromatic heterocycles. The van der Waals surface area contributed by atoms with Crippen LogP contribution in [0.1, 0.15) is 12.5 Å². The zero-order chi connectivity index (χ0) is 12.4. The van der Waals surface area contributed by atoms with Crippen LogP contribution in [0.5, 0.6) is 0 Å². The number of nitrogens with zero attached hydrogens (tertiary/aromatic N) is 1. The van der Waals surface area contributed by atoms with Crippen molar-refractivity contribution in [3.8, 4) is 0 Å². The molecule has 1 aromatic rings. The van der Waals surface area contributed by atoms with E-state index in [0.29, 0.717) is 6.54 Å². The molecule has 90 valence electrons. The van der Waals surface area contributed by atoms with Gasteiger partial charge in [0.2, 0.25) is 5.91 Å². The van der Waals surface area contributed by atoms with Crippen molar-refractivity contribution < 1.29 is 14.7 Å². The zero-order valence-electron chi connectivity index (χ0n) is 9.51. The minimum absolute atomic E-state index is 0.00193. The maximum atomic E-state index is 11.7. The number of aliphatic carboxylic acids is 1. The molecule has 0 radical (unpaired) electrons. The average Bonchev–Trinajstić information content (AvgIpc) is 2.60. The monoisotopic (exact) mass is 234 g/mol. The molecule has 0 saturated carbocycles. The van der Waals surface area contributed by atoms with Crippen LogP contribution in [-0.2, 0) is 16.0 Å². The summed E-state index contributed by atoms with van der Waals surface area (Å²) in [6.45, 7) is 2.50. The van der Waals surface area contributed by atoms with Gasteiger partial charge in [0.15, 0.2) is 0 Å². The Bertz CT molecular complexity index is 442. The maximum absolute atomic E-state index is 11.7. The van der Waals surface area contributed by atoms with E-state index in [1.54, 1.807) is 24.3 Å². The molecule has 1 atom stereocenters. The smallest absolute Gasteiger partial charge is 0.307 e. The van der Waals surface area contributed by atoms with E-state index < -0.39 is 5.97 Å². The van der Waals surface area contributed by atoms with Gasteiger partial charge < -0.3 is 5.11 Å². The Morgan fingerprint density at radius 2 is 2.12 bits per heavy atom. The molecule has 1 aliphatic heterocycles. The summed E-state index contributed by atoms with van der Waals surface area (Å²) < 4.78 is 0. The SMILES string of the molecule is CC1CNN(c2ccc(CC(=O)O)cc2)C1=O. The molecule has 0 spiro atoms. The number of hydrazine groups is 1. The normalized spacial score (nSPS) is 19.7. The molecule has 0 bridgehead atoms. The minimum atomic E-state index is -0.859. The third kappa shape index (κ3) is 2.45. The first kappa shape index (κ1) is 11.6. The van der Waals surface area contributed by atoms with Crippen molar-refractivity contribution in [2.24, 2.45) is 5.92 Å². The highest BCUT2D eigenvalue weighted by molar-refractivity contribution is 5.96. The molecule has 0 aliphatic carbocycles. The fraction of sp³-hybridized carbons (Fsp3) is 0.333. The number of benzene rings is 1. The first-order valence-corrected chi connectivity index (χ1v) is 5.46. The summed E-state index contributed by atoms with van der Waals surface area (Å²) in [6.07, 6.45) is -0.00193. The van der Waals surface area contributed by atoms with Gasteiger partial charge in [-0.1, -0.05) is 19.1 Å². The molecular formula is C12H14N2O3. The third-order valence-electron chi connectivity index (χ3n) is 2.75. The lowest BCUT2D eigenvalue weighted by atomic mass is 10.1. The summed E-state index contributed by atoms with van der Waals surface area (Å²) in [5, 5.41) is 10.2. The molecule has 1 unspecified atom stereocenters. The predicted octanol–water partition coefficient (Wildman–Crippen LogP) is 0.801. The lowest BCUT2D eigenvalue weighted by Crippen LogP contribution is -2.34. The van der Waals surface area contributed by atoms with Crippen molar-refractivity contribution in [3.63, 3.8) is 0 Å². The zero-order valence-corrected chi connectivity index (χ0v) is 9.51. The summed E-state index contributed by atoms with van der Waals surface area (Å²) >= 11 is 0. The highest BCUT2D eigenvalue weighted by Crippen LogP contribution is 2.19. The molecule has 2 rings (SSSR count). The van der Waals surface area contributed by atoms with Gasteiger partial charge in [0.1, 0.15) is 0 Å². The molecule has 5 nitrogen and oxygen atoms in total. The number of hydrogen-bond acceptors (Lipinski definition) is 3. The second-order valence-corrected chi connectivity index (χ2v) is 4.17. The quantitative estimate of drug-likeness (QED) is 0.811. The van der Waals surface area contributed by atoms with Gasteiger partial charge in [-0.2, -0.15) is 0 Å². The van der Waals surface area contributed by atoms with Crippen LogP contribution in [0, 0.1) is 5.92 Å². The fourth-order valence-electron chi connectivity index (χ4n) is 1.77. The Labute approximate surface area is 99.0 Å². The van der Waals surface area contributed by atoms with Gasteiger partial charge in [0.25, 0.3) is 0 Å². The van der Waals surface area contributed by atoms with Gasteiger partial charge in [-0.3, -0.25) is 9.59 Å². The average molecular weight is 234 g/mol. The summed E-state index contributed by atoms with van der Waals surface area (Å²) in [4.78, 5) is 22.3. The number of carboxylic acid groups (broad SMARTS) is 1. The number of carbonyl (C=O) groups excluding carboxylic acids is 1. The van der Waals surface area contributed by atoms with Gasteiger partial charge in [0.05, 0.1) is 18.0 Å². The number of hydrogen-bond donors (Lipinski definition) is 2. The van der Waals surface area contributed by atoms with Crippen LogP contribution in [0.25, 0.3) is 0 Å². The maximum Gasteiger partial charge on any atom is 0.307 e. The lowest BCUT2D eigenvalue weighted by molar-refractivity contribution is -0.136. The van der Waals surface area contributed by atoms with E-state index >= 15 is 0 Å². The minimum Gasteiger partial charge on any atom is -0.481 e. The van der Waals surface area contributed by atoms with E-state index in [1.165, 1.54) is 5.01 Å². The highest BCUT2D eigenvalue weighted by atomic mass is 16.4. The van der Waals surface area contributed by atoms with Crippen LogP contribution >= 0.6 is 0 Å². The molecule has 1 amide bonds. The Balaban J connectivity index is 2.13. The second-order valence-electron chi connectivity index (χ2n) is 4.17. The number of nitrogens with one attached hydrogen (secondary N) is 1.